The van der Waals surface area contributed by atoms with E-state index in [0.717, 1.165) is 12.8 Å². The summed E-state index contributed by atoms with van der Waals surface area (Å²) >= 11 is 0. The van der Waals surface area contributed by atoms with Crippen molar-refractivity contribution in [1.29, 1.82) is 0 Å². The largest absolute Gasteiger partial charge is 0.396 e. The normalized spacial score (nSPS) is 21.1. The number of carbonyl (C=O) groups is 1. The Balaban J connectivity index is 2.09. The standard InChI is InChI=1S/C16H23N3O4/c1-12-7-8-13(11-20)9-18(12)16(21)10-17(2)14-5-3-4-6-15(14)19(22)23/h3-6,12-13,20H,7-11H2,1-2H3. The topological polar surface area (TPSA) is 86.9 Å². The van der Waals surface area contributed by atoms with Gasteiger partial charge in [-0.3, -0.25) is 14.9 Å². The highest BCUT2D eigenvalue weighted by molar-refractivity contribution is 5.82. The van der Waals surface area contributed by atoms with Gasteiger partial charge in [-0.25, -0.2) is 0 Å². The van der Waals surface area contributed by atoms with Gasteiger partial charge < -0.3 is 14.9 Å². The molecule has 7 heteroatoms. The molecule has 1 aromatic carbocycles. The summed E-state index contributed by atoms with van der Waals surface area (Å²) in [6.45, 7) is 2.70. The van der Waals surface area contributed by atoms with Crippen LogP contribution in [0.2, 0.25) is 0 Å². The highest BCUT2D eigenvalue weighted by atomic mass is 16.6. The van der Waals surface area contributed by atoms with Crippen molar-refractivity contribution in [2.24, 2.45) is 5.92 Å². The van der Waals surface area contributed by atoms with E-state index in [-0.39, 0.29) is 36.7 Å². The molecule has 1 saturated heterocycles. The van der Waals surface area contributed by atoms with Gasteiger partial charge in [-0.1, -0.05) is 12.1 Å². The van der Waals surface area contributed by atoms with Crippen LogP contribution in [0.15, 0.2) is 24.3 Å². The number of benzene rings is 1. The molecule has 1 aromatic rings. The number of carbonyl (C=O) groups excluding carboxylic acids is 1. The maximum Gasteiger partial charge on any atom is 0.292 e. The first-order valence-corrected chi connectivity index (χ1v) is 7.79. The van der Waals surface area contributed by atoms with Crippen molar-refractivity contribution in [1.82, 2.24) is 4.90 Å². The molecule has 1 heterocycles. The van der Waals surface area contributed by atoms with E-state index < -0.39 is 4.92 Å². The summed E-state index contributed by atoms with van der Waals surface area (Å²) < 4.78 is 0. The highest BCUT2D eigenvalue weighted by Crippen LogP contribution is 2.27. The van der Waals surface area contributed by atoms with E-state index in [4.69, 9.17) is 0 Å². The second-order valence-corrected chi connectivity index (χ2v) is 6.12. The Morgan fingerprint density at radius 3 is 2.78 bits per heavy atom. The molecule has 1 fully saturated rings. The van der Waals surface area contributed by atoms with Gasteiger partial charge in [-0.15, -0.1) is 0 Å². The summed E-state index contributed by atoms with van der Waals surface area (Å²) in [5.41, 5.74) is 0.414. The Labute approximate surface area is 135 Å². The lowest BCUT2D eigenvalue weighted by atomic mass is 9.94. The summed E-state index contributed by atoms with van der Waals surface area (Å²) in [4.78, 5) is 26.6. The van der Waals surface area contributed by atoms with Crippen molar-refractivity contribution < 1.29 is 14.8 Å². The van der Waals surface area contributed by atoms with Crippen LogP contribution in [0.3, 0.4) is 0 Å². The molecule has 2 atom stereocenters. The van der Waals surface area contributed by atoms with E-state index >= 15 is 0 Å². The third-order valence-electron chi connectivity index (χ3n) is 4.42. The van der Waals surface area contributed by atoms with Gasteiger partial charge in [0.15, 0.2) is 0 Å². The Kier molecular flexibility index (Phi) is 5.54. The van der Waals surface area contributed by atoms with E-state index in [1.165, 1.54) is 6.07 Å². The molecular formula is C16H23N3O4. The van der Waals surface area contributed by atoms with Gasteiger partial charge in [0.2, 0.25) is 5.91 Å². The number of rotatable bonds is 5. The molecule has 0 aliphatic carbocycles. The third kappa shape index (κ3) is 3.98. The van der Waals surface area contributed by atoms with E-state index in [9.17, 15) is 20.0 Å². The number of likely N-dealkylation sites (tertiary alicyclic amines) is 1. The molecule has 126 valence electrons. The number of anilines is 1. The zero-order valence-corrected chi connectivity index (χ0v) is 13.5. The number of nitro groups is 1. The van der Waals surface area contributed by atoms with Crippen molar-refractivity contribution >= 4 is 17.3 Å². The van der Waals surface area contributed by atoms with E-state index in [1.54, 1.807) is 35.0 Å². The monoisotopic (exact) mass is 321 g/mol. The summed E-state index contributed by atoms with van der Waals surface area (Å²) in [6, 6.07) is 6.53. The number of hydrogen-bond acceptors (Lipinski definition) is 5. The van der Waals surface area contributed by atoms with Crippen LogP contribution in [0.1, 0.15) is 19.8 Å². The Hall–Kier alpha value is -2.15. The molecule has 1 aliphatic heterocycles. The first-order chi connectivity index (χ1) is 10.9. The van der Waals surface area contributed by atoms with Crippen molar-refractivity contribution in [2.45, 2.75) is 25.8 Å². The van der Waals surface area contributed by atoms with Gasteiger partial charge in [0, 0.05) is 32.3 Å². The molecule has 23 heavy (non-hydrogen) atoms. The van der Waals surface area contributed by atoms with Crippen LogP contribution in [0, 0.1) is 16.0 Å². The number of para-hydroxylation sites is 2. The van der Waals surface area contributed by atoms with Crippen molar-refractivity contribution in [3.05, 3.63) is 34.4 Å². The van der Waals surface area contributed by atoms with Crippen LogP contribution in [-0.4, -0.2) is 53.6 Å². The van der Waals surface area contributed by atoms with Crippen LogP contribution in [0.4, 0.5) is 11.4 Å². The predicted molar refractivity (Wildman–Crippen MR) is 87.4 cm³/mol. The fourth-order valence-corrected chi connectivity index (χ4v) is 3.00. The van der Waals surface area contributed by atoms with Gasteiger partial charge in [0.25, 0.3) is 5.69 Å². The fourth-order valence-electron chi connectivity index (χ4n) is 3.00. The van der Waals surface area contributed by atoms with Crippen LogP contribution < -0.4 is 4.90 Å². The SMILES string of the molecule is CC1CCC(CO)CN1C(=O)CN(C)c1ccccc1[N+](=O)[O-]. The fraction of sp³-hybridized carbons (Fsp3) is 0.562. The lowest BCUT2D eigenvalue weighted by Gasteiger charge is -2.38. The number of nitro benzene ring substituents is 1. The number of aliphatic hydroxyl groups is 1. The second kappa shape index (κ2) is 7.41. The molecule has 0 spiro atoms. The quantitative estimate of drug-likeness (QED) is 0.658. The molecule has 0 saturated carbocycles. The number of hydrogen-bond donors (Lipinski definition) is 1. The summed E-state index contributed by atoms with van der Waals surface area (Å²) in [6.07, 6.45) is 1.79. The number of aliphatic hydroxyl groups excluding tert-OH is 1. The minimum absolute atomic E-state index is 0.0114. The lowest BCUT2D eigenvalue weighted by molar-refractivity contribution is -0.384. The number of likely N-dealkylation sites (N-methyl/N-ethyl adjacent to an activating group) is 1. The molecule has 0 radical (unpaired) electrons. The lowest BCUT2D eigenvalue weighted by Crippen LogP contribution is -2.49. The van der Waals surface area contributed by atoms with Crippen LogP contribution in [0.5, 0.6) is 0 Å². The van der Waals surface area contributed by atoms with E-state index in [2.05, 4.69) is 0 Å². The Bertz CT molecular complexity index is 578. The molecule has 7 nitrogen and oxygen atoms in total. The first kappa shape index (κ1) is 17.2. The van der Waals surface area contributed by atoms with Crippen molar-refractivity contribution in [3.8, 4) is 0 Å². The molecule has 1 aliphatic rings. The maximum atomic E-state index is 12.6. The Morgan fingerprint density at radius 1 is 1.43 bits per heavy atom. The molecule has 0 bridgehead atoms. The van der Waals surface area contributed by atoms with Crippen molar-refractivity contribution in [3.63, 3.8) is 0 Å². The molecule has 2 rings (SSSR count). The Morgan fingerprint density at radius 2 is 2.13 bits per heavy atom. The number of nitrogens with zero attached hydrogens (tertiary/aromatic N) is 3. The third-order valence-corrected chi connectivity index (χ3v) is 4.42. The van der Waals surface area contributed by atoms with Gasteiger partial charge in [-0.2, -0.15) is 0 Å². The molecular weight excluding hydrogens is 298 g/mol. The summed E-state index contributed by atoms with van der Waals surface area (Å²) in [7, 11) is 1.68. The van der Waals surface area contributed by atoms with E-state index in [1.807, 2.05) is 6.92 Å². The second-order valence-electron chi connectivity index (χ2n) is 6.12. The zero-order valence-electron chi connectivity index (χ0n) is 13.5. The highest BCUT2D eigenvalue weighted by Gasteiger charge is 2.29. The molecule has 1 N–H and O–H groups in total. The van der Waals surface area contributed by atoms with Crippen molar-refractivity contribution in [2.75, 3.05) is 31.6 Å². The zero-order chi connectivity index (χ0) is 17.0. The average molecular weight is 321 g/mol. The summed E-state index contributed by atoms with van der Waals surface area (Å²) in [5.74, 6) is 0.0443. The van der Waals surface area contributed by atoms with Gasteiger partial charge in [0.1, 0.15) is 5.69 Å². The van der Waals surface area contributed by atoms with Gasteiger partial charge in [-0.05, 0) is 31.7 Å². The van der Waals surface area contributed by atoms with Gasteiger partial charge >= 0.3 is 0 Å². The maximum absolute atomic E-state index is 12.6. The minimum Gasteiger partial charge on any atom is -0.396 e. The summed E-state index contributed by atoms with van der Waals surface area (Å²) in [5, 5.41) is 20.4. The molecule has 1 amide bonds. The minimum atomic E-state index is -0.443. The molecule has 0 aromatic heterocycles. The average Bonchev–Trinajstić information content (AvgIpc) is 2.55. The van der Waals surface area contributed by atoms with Crippen LogP contribution in [-0.2, 0) is 4.79 Å². The van der Waals surface area contributed by atoms with Gasteiger partial charge in [0.05, 0.1) is 11.5 Å². The van der Waals surface area contributed by atoms with Crippen LogP contribution >= 0.6 is 0 Å². The smallest absolute Gasteiger partial charge is 0.292 e. The first-order valence-electron chi connectivity index (χ1n) is 7.79. The number of piperidine rings is 1. The predicted octanol–water partition coefficient (Wildman–Crippen LogP) is 1.65. The van der Waals surface area contributed by atoms with E-state index in [0.29, 0.717) is 12.2 Å². The number of amides is 1. The van der Waals surface area contributed by atoms with Crippen LogP contribution in [0.25, 0.3) is 0 Å². The molecule has 2 unspecified atom stereocenters.